The van der Waals surface area contributed by atoms with Gasteiger partial charge in [-0.1, -0.05) is 36.7 Å². The molecule has 0 radical (unpaired) electrons. The van der Waals surface area contributed by atoms with Crippen molar-refractivity contribution in [2.75, 3.05) is 44.6 Å². The topological polar surface area (TPSA) is 133 Å². The number of rotatable bonds is 5. The average Bonchev–Trinajstić information content (AvgIpc) is 3.45. The number of aliphatic hydroxyl groups excluding tert-OH is 1. The van der Waals surface area contributed by atoms with Gasteiger partial charge in [-0.3, -0.25) is 14.3 Å². The van der Waals surface area contributed by atoms with E-state index >= 15 is 4.21 Å². The van der Waals surface area contributed by atoms with Gasteiger partial charge >= 0.3 is 0 Å². The minimum Gasteiger partial charge on any atom is -0.490 e. The number of Topliss-reactive ketones (excluding diaryl/α,β-unsaturated/α-hetero) is 1. The summed E-state index contributed by atoms with van der Waals surface area (Å²) in [5.41, 5.74) is 3.35. The second-order valence-electron chi connectivity index (χ2n) is 15.3. The Hall–Kier alpha value is -3.71. The summed E-state index contributed by atoms with van der Waals surface area (Å²) >= 11 is 6.46. The van der Waals surface area contributed by atoms with Crippen LogP contribution in [0.5, 0.6) is 11.6 Å². The summed E-state index contributed by atoms with van der Waals surface area (Å²) in [6, 6.07) is 11.4. The fraction of sp³-hybridized carbons (Fsp3) is 0.525. The van der Waals surface area contributed by atoms with E-state index < -0.39 is 44.4 Å². The van der Waals surface area contributed by atoms with Crippen LogP contribution in [0.4, 0.5) is 5.69 Å². The van der Waals surface area contributed by atoms with Crippen LogP contribution in [0.15, 0.2) is 59.1 Å². The van der Waals surface area contributed by atoms with Crippen molar-refractivity contribution in [1.82, 2.24) is 9.78 Å². The number of aromatic nitrogens is 2. The molecule has 13 heteroatoms. The largest absolute Gasteiger partial charge is 0.490 e. The second kappa shape index (κ2) is 14.8. The highest BCUT2D eigenvalue weighted by Crippen LogP contribution is 2.47. The maximum absolute atomic E-state index is 15.0. The van der Waals surface area contributed by atoms with Crippen molar-refractivity contribution in [2.24, 2.45) is 29.2 Å². The van der Waals surface area contributed by atoms with E-state index in [2.05, 4.69) is 26.5 Å². The number of amides is 1. The molecule has 1 spiro atoms. The summed E-state index contributed by atoms with van der Waals surface area (Å²) in [7, 11) is 1.14. The Morgan fingerprint density at radius 2 is 1.96 bits per heavy atom. The Kier molecular flexibility index (Phi) is 10.5. The predicted octanol–water partition coefficient (Wildman–Crippen LogP) is 6.04. The molecule has 7 rings (SSSR count). The molecular weight excluding hydrogens is 716 g/mol. The number of methoxy groups -OCH3 is 2. The van der Waals surface area contributed by atoms with E-state index in [1.54, 1.807) is 52.3 Å². The number of hydrogen-bond donors (Lipinski definition) is 1. The molecule has 0 saturated heterocycles. The van der Waals surface area contributed by atoms with Gasteiger partial charge in [-0.05, 0) is 92.3 Å². The Morgan fingerprint density at radius 3 is 2.70 bits per heavy atom. The molecular formula is C40H49ClN4O7S. The maximum Gasteiger partial charge on any atom is 0.285 e. The fourth-order valence-electron chi connectivity index (χ4n) is 8.71. The molecule has 8 atom stereocenters. The van der Waals surface area contributed by atoms with Crippen LogP contribution in [0.3, 0.4) is 0 Å². The molecule has 2 bridgehead atoms. The van der Waals surface area contributed by atoms with E-state index in [1.165, 1.54) is 29.1 Å². The van der Waals surface area contributed by atoms with Gasteiger partial charge in [-0.2, -0.15) is 4.36 Å². The van der Waals surface area contributed by atoms with Gasteiger partial charge in [0.15, 0.2) is 5.78 Å². The number of anilines is 1. The lowest BCUT2D eigenvalue weighted by Crippen LogP contribution is -2.49. The highest BCUT2D eigenvalue weighted by Gasteiger charge is 2.45. The molecule has 53 heavy (non-hydrogen) atoms. The van der Waals surface area contributed by atoms with Gasteiger partial charge in [0, 0.05) is 60.6 Å². The Labute approximate surface area is 316 Å². The zero-order chi connectivity index (χ0) is 37.7. The van der Waals surface area contributed by atoms with Crippen LogP contribution in [0.25, 0.3) is 0 Å². The van der Waals surface area contributed by atoms with Gasteiger partial charge in [0.1, 0.15) is 11.3 Å². The molecule has 2 aromatic carbocycles. The van der Waals surface area contributed by atoms with Crippen molar-refractivity contribution < 1.29 is 33.1 Å². The lowest BCUT2D eigenvalue weighted by Gasteiger charge is -2.46. The molecule has 1 N–H and O–H groups in total. The number of carbonyl (C=O) groups is 2. The number of nitrogens with zero attached hydrogens (tertiary/aromatic N) is 4. The number of fused-ring (bicyclic) bond motifs is 4. The molecule has 2 aliphatic heterocycles. The second-order valence-corrected chi connectivity index (χ2v) is 18.3. The first-order valence-corrected chi connectivity index (χ1v) is 20.6. The van der Waals surface area contributed by atoms with Crippen molar-refractivity contribution in [3.05, 3.63) is 82.0 Å². The third-order valence-corrected chi connectivity index (χ3v) is 15.1. The van der Waals surface area contributed by atoms with Crippen molar-refractivity contribution in [2.45, 2.75) is 68.8 Å². The molecule has 1 fully saturated rings. The molecule has 1 saturated carbocycles. The first-order chi connectivity index (χ1) is 25.3. The van der Waals surface area contributed by atoms with E-state index in [4.69, 9.17) is 25.8 Å². The van der Waals surface area contributed by atoms with Crippen LogP contribution >= 0.6 is 11.6 Å². The minimum atomic E-state index is -3.62. The lowest BCUT2D eigenvalue weighted by atomic mass is 9.68. The zero-order valence-corrected chi connectivity index (χ0v) is 32.6. The number of benzene rings is 2. The number of ketones is 1. The third-order valence-electron chi connectivity index (χ3n) is 12.1. The summed E-state index contributed by atoms with van der Waals surface area (Å²) in [6.45, 7) is 5.29. The normalized spacial score (nSPS) is 32.0. The number of halogens is 1. The van der Waals surface area contributed by atoms with Gasteiger partial charge < -0.3 is 24.2 Å². The van der Waals surface area contributed by atoms with Crippen LogP contribution in [0.2, 0.25) is 5.02 Å². The Bertz CT molecular complexity index is 2060. The summed E-state index contributed by atoms with van der Waals surface area (Å²) in [4.78, 5) is 30.3. The van der Waals surface area contributed by atoms with E-state index in [0.717, 1.165) is 42.8 Å². The number of ether oxygens (including phenoxy) is 3. The van der Waals surface area contributed by atoms with Crippen LogP contribution < -0.4 is 14.4 Å². The zero-order valence-electron chi connectivity index (χ0n) is 31.0. The highest BCUT2D eigenvalue weighted by molar-refractivity contribution is 7.95. The molecule has 2 aliphatic carbocycles. The van der Waals surface area contributed by atoms with Crippen molar-refractivity contribution in [1.29, 1.82) is 0 Å². The molecule has 11 nitrogen and oxygen atoms in total. The predicted molar refractivity (Wildman–Crippen MR) is 205 cm³/mol. The monoisotopic (exact) mass is 764 g/mol. The average molecular weight is 765 g/mol. The third kappa shape index (κ3) is 7.15. The van der Waals surface area contributed by atoms with Crippen LogP contribution in [0, 0.1) is 17.8 Å². The number of aliphatic hydroxyl groups is 1. The molecule has 3 heterocycles. The van der Waals surface area contributed by atoms with Gasteiger partial charge in [-0.15, -0.1) is 5.10 Å². The smallest absolute Gasteiger partial charge is 0.285 e. The van der Waals surface area contributed by atoms with Gasteiger partial charge in [0.25, 0.3) is 5.91 Å². The Morgan fingerprint density at radius 1 is 1.15 bits per heavy atom. The molecule has 3 aromatic rings. The van der Waals surface area contributed by atoms with E-state index in [9.17, 15) is 14.7 Å². The molecule has 1 aromatic heterocycles. The summed E-state index contributed by atoms with van der Waals surface area (Å²) in [5.74, 6) is -1.13. The molecule has 1 amide bonds. The summed E-state index contributed by atoms with van der Waals surface area (Å²) < 4.78 is 38.9. The van der Waals surface area contributed by atoms with Crippen molar-refractivity contribution in [3.8, 4) is 11.6 Å². The van der Waals surface area contributed by atoms with Crippen molar-refractivity contribution in [3.63, 3.8) is 0 Å². The fourth-order valence-corrected chi connectivity index (χ4v) is 11.1. The lowest BCUT2D eigenvalue weighted by molar-refractivity contribution is 0.0124. The van der Waals surface area contributed by atoms with Crippen LogP contribution in [-0.2, 0) is 33.3 Å². The quantitative estimate of drug-likeness (QED) is 0.244. The van der Waals surface area contributed by atoms with Crippen molar-refractivity contribution >= 4 is 38.7 Å². The first kappa shape index (κ1) is 37.6. The SMILES string of the molecule is COc1nn(C)cc1C(=O)C[S@@]1(=O)=NC(=O)c2ccc3c(c2)N(C[C@@H]2CC[C@H]2[C@@H](OC)/C=C/[C@H](O)[C@H](C)[C@H]1C)C[C@@]1(CCCc2cc(Cl)ccc21)CO3. The molecule has 0 unspecified atom stereocenters. The van der Waals surface area contributed by atoms with Crippen LogP contribution in [0.1, 0.15) is 71.4 Å². The summed E-state index contributed by atoms with van der Waals surface area (Å²) in [5, 5.41) is 15.5. The van der Waals surface area contributed by atoms with Gasteiger partial charge in [0.05, 0.1) is 47.1 Å². The number of carbonyl (C=O) groups excluding carboxylic acids is 2. The maximum atomic E-state index is 15.0. The van der Waals surface area contributed by atoms with E-state index in [0.29, 0.717) is 31.4 Å². The number of hydrogen-bond acceptors (Lipinski definition) is 9. The molecule has 284 valence electrons. The highest BCUT2D eigenvalue weighted by atomic mass is 35.5. The van der Waals surface area contributed by atoms with Gasteiger partial charge in [-0.25, -0.2) is 4.21 Å². The standard InChI is InChI=1S/C40H49ClN4O7S/c1-24-25(2)53(49,21-35(47)31-20-44(3)42-39(31)51-5)43-38(48)27-9-14-37-33(18-27)45(19-28-8-11-30(28)36(50-4)15-13-34(24)46)22-40(23-52-37)16-6-7-26-17-29(41)10-12-32(26)40/h9-10,12-15,17-18,20,24-25,28,30,34,36,46H,6-8,11,16,19,21-23H2,1-5H3/b15-13+/t24-,25-,28+,30-,34+,36+,40+,53+/m1/s1. The summed E-state index contributed by atoms with van der Waals surface area (Å²) in [6.07, 6.45) is 8.73. The van der Waals surface area contributed by atoms with E-state index in [1.807, 2.05) is 12.1 Å². The first-order valence-electron chi connectivity index (χ1n) is 18.4. The Balaban J connectivity index is 1.34. The van der Waals surface area contributed by atoms with Gasteiger partial charge in [0.2, 0.25) is 5.88 Å². The molecule has 4 aliphatic rings. The minimum absolute atomic E-state index is 0.0934. The van der Waals surface area contributed by atoms with Crippen LogP contribution in [-0.4, -0.2) is 87.9 Å². The number of aryl methyl sites for hydroxylation is 2. The van der Waals surface area contributed by atoms with E-state index in [-0.39, 0.29) is 34.4 Å².